The summed E-state index contributed by atoms with van der Waals surface area (Å²) in [7, 11) is 0. The number of hydrogen-bond acceptors (Lipinski definition) is 4. The summed E-state index contributed by atoms with van der Waals surface area (Å²) >= 11 is 0. The Hall–Kier alpha value is -4.45. The molecule has 0 radical (unpaired) electrons. The molecule has 0 atom stereocenters. The van der Waals surface area contributed by atoms with Crippen LogP contribution in [0.15, 0.2) is 97.2 Å². The number of amides is 1. The topological polar surface area (TPSA) is 85.8 Å². The molecule has 0 unspecified atom stereocenters. The minimum Gasteiger partial charge on any atom is -0.397 e. The largest absolute Gasteiger partial charge is 0.397 e. The van der Waals surface area contributed by atoms with Gasteiger partial charge in [0.25, 0.3) is 0 Å². The van der Waals surface area contributed by atoms with Crippen molar-refractivity contribution in [2.45, 2.75) is 19.4 Å². The molecule has 0 saturated carbocycles. The number of carbonyl (C=O) groups is 1. The van der Waals surface area contributed by atoms with E-state index in [2.05, 4.69) is 46.0 Å². The van der Waals surface area contributed by atoms with Crippen LogP contribution in [-0.2, 0) is 17.8 Å². The Balaban J connectivity index is 1.19. The summed E-state index contributed by atoms with van der Waals surface area (Å²) < 4.78 is 1.80. The number of anilines is 2. The van der Waals surface area contributed by atoms with Crippen molar-refractivity contribution in [2.24, 2.45) is 0 Å². The van der Waals surface area contributed by atoms with Gasteiger partial charge in [-0.1, -0.05) is 78.0 Å². The Morgan fingerprint density at radius 1 is 0.853 bits per heavy atom. The summed E-state index contributed by atoms with van der Waals surface area (Å²) in [5.41, 5.74) is 11.3. The van der Waals surface area contributed by atoms with E-state index in [4.69, 9.17) is 5.73 Å². The smallest absolute Gasteiger partial charge is 0.224 e. The Bertz CT molecular complexity index is 1440. The number of fused-ring (bicyclic) bond motifs is 1. The lowest BCUT2D eigenvalue weighted by Crippen LogP contribution is -2.13. The molecule has 0 fully saturated rings. The molecule has 0 aliphatic carbocycles. The second-order valence-electron chi connectivity index (χ2n) is 8.31. The van der Waals surface area contributed by atoms with Gasteiger partial charge in [-0.3, -0.25) is 4.79 Å². The molecule has 0 aliphatic heterocycles. The van der Waals surface area contributed by atoms with Crippen LogP contribution < -0.4 is 11.1 Å². The van der Waals surface area contributed by atoms with Crippen LogP contribution in [0.25, 0.3) is 21.9 Å². The number of benzene rings is 4. The number of nitrogen functional groups attached to an aromatic ring is 1. The zero-order chi connectivity index (χ0) is 23.3. The van der Waals surface area contributed by atoms with Gasteiger partial charge in [0.05, 0.1) is 23.6 Å². The van der Waals surface area contributed by atoms with E-state index < -0.39 is 0 Å². The van der Waals surface area contributed by atoms with Gasteiger partial charge in [-0.05, 0) is 45.7 Å². The van der Waals surface area contributed by atoms with E-state index in [1.54, 1.807) is 4.68 Å². The normalized spacial score (nSPS) is 10.9. The summed E-state index contributed by atoms with van der Waals surface area (Å²) in [6, 6.07) is 30.3. The maximum atomic E-state index is 12.6. The van der Waals surface area contributed by atoms with Gasteiger partial charge in [-0.2, -0.15) is 0 Å². The highest BCUT2D eigenvalue weighted by Gasteiger charge is 2.10. The predicted molar refractivity (Wildman–Crippen MR) is 136 cm³/mol. The summed E-state index contributed by atoms with van der Waals surface area (Å²) in [4.78, 5) is 12.6. The fourth-order valence-electron chi connectivity index (χ4n) is 3.98. The van der Waals surface area contributed by atoms with E-state index in [-0.39, 0.29) is 5.91 Å². The number of nitrogens with two attached hydrogens (primary N) is 1. The van der Waals surface area contributed by atoms with Crippen molar-refractivity contribution in [1.29, 1.82) is 0 Å². The molecule has 0 saturated heterocycles. The average Bonchev–Trinajstić information content (AvgIpc) is 3.32. The van der Waals surface area contributed by atoms with E-state index >= 15 is 0 Å². The summed E-state index contributed by atoms with van der Waals surface area (Å²) in [6.07, 6.45) is 2.69. The first-order valence-corrected chi connectivity index (χ1v) is 11.3. The van der Waals surface area contributed by atoms with Crippen LogP contribution in [0.2, 0.25) is 0 Å². The van der Waals surface area contributed by atoms with E-state index in [0.717, 1.165) is 22.4 Å². The quantitative estimate of drug-likeness (QED) is 0.332. The van der Waals surface area contributed by atoms with Crippen molar-refractivity contribution in [3.8, 4) is 11.1 Å². The molecule has 3 N–H and O–H groups in total. The number of hydrogen-bond donors (Lipinski definition) is 2. The molecule has 1 aromatic heterocycles. The molecule has 34 heavy (non-hydrogen) atoms. The SMILES string of the molecule is Nc1ccc(-c2ccccc2)cc1NC(=O)CCc1cn(Cc2ccc3ccccc3c2)nn1. The molecule has 0 aliphatic rings. The van der Waals surface area contributed by atoms with Crippen LogP contribution in [0, 0.1) is 0 Å². The fraction of sp³-hybridized carbons (Fsp3) is 0.107. The standard InChI is InChI=1S/C28H25N5O/c29-26-14-12-24(21-6-2-1-3-7-21)17-27(26)30-28(34)15-13-25-19-33(32-31-25)18-20-10-11-22-8-4-5-9-23(22)16-20/h1-12,14,16-17,19H,13,15,18,29H2,(H,30,34). The van der Waals surface area contributed by atoms with Gasteiger partial charge in [0.15, 0.2) is 0 Å². The molecule has 0 bridgehead atoms. The molecule has 0 spiro atoms. The Labute approximate surface area is 198 Å². The number of aryl methyl sites for hydroxylation is 1. The molecule has 4 aromatic carbocycles. The third-order valence-electron chi connectivity index (χ3n) is 5.79. The molecule has 168 valence electrons. The first-order chi connectivity index (χ1) is 16.6. The highest BCUT2D eigenvalue weighted by Crippen LogP contribution is 2.27. The number of nitrogens with zero attached hydrogens (tertiary/aromatic N) is 3. The molecule has 6 nitrogen and oxygen atoms in total. The van der Waals surface area contributed by atoms with Crippen molar-refractivity contribution in [1.82, 2.24) is 15.0 Å². The fourth-order valence-corrected chi connectivity index (χ4v) is 3.98. The van der Waals surface area contributed by atoms with Crippen LogP contribution in [0.1, 0.15) is 17.7 Å². The van der Waals surface area contributed by atoms with Crippen molar-refractivity contribution in [3.05, 3.63) is 108 Å². The maximum absolute atomic E-state index is 12.6. The molecule has 5 aromatic rings. The highest BCUT2D eigenvalue weighted by atomic mass is 16.1. The third-order valence-corrected chi connectivity index (χ3v) is 5.79. The van der Waals surface area contributed by atoms with Gasteiger partial charge in [-0.25, -0.2) is 4.68 Å². The van der Waals surface area contributed by atoms with Crippen molar-refractivity contribution in [2.75, 3.05) is 11.1 Å². The zero-order valence-electron chi connectivity index (χ0n) is 18.7. The monoisotopic (exact) mass is 447 g/mol. The van der Waals surface area contributed by atoms with E-state index in [1.807, 2.05) is 66.9 Å². The zero-order valence-corrected chi connectivity index (χ0v) is 18.7. The number of aromatic nitrogens is 3. The Kier molecular flexibility index (Phi) is 6.03. The molecular formula is C28H25N5O. The van der Waals surface area contributed by atoms with Crippen LogP contribution in [0.5, 0.6) is 0 Å². The second-order valence-corrected chi connectivity index (χ2v) is 8.31. The van der Waals surface area contributed by atoms with Gasteiger partial charge in [0, 0.05) is 19.0 Å². The van der Waals surface area contributed by atoms with E-state index in [0.29, 0.717) is 30.8 Å². The molecule has 5 rings (SSSR count). The van der Waals surface area contributed by atoms with Crippen LogP contribution >= 0.6 is 0 Å². The van der Waals surface area contributed by atoms with Crippen molar-refractivity contribution in [3.63, 3.8) is 0 Å². The average molecular weight is 448 g/mol. The summed E-state index contributed by atoms with van der Waals surface area (Å²) in [6.45, 7) is 0.632. The minimum absolute atomic E-state index is 0.110. The van der Waals surface area contributed by atoms with Crippen LogP contribution in [0.4, 0.5) is 11.4 Å². The lowest BCUT2D eigenvalue weighted by Gasteiger charge is -2.10. The molecule has 1 heterocycles. The molecular weight excluding hydrogens is 422 g/mol. The number of nitrogens with one attached hydrogen (secondary N) is 1. The first kappa shape index (κ1) is 21.4. The first-order valence-electron chi connectivity index (χ1n) is 11.3. The van der Waals surface area contributed by atoms with Gasteiger partial charge < -0.3 is 11.1 Å². The Morgan fingerprint density at radius 3 is 2.50 bits per heavy atom. The van der Waals surface area contributed by atoms with Crippen LogP contribution in [-0.4, -0.2) is 20.9 Å². The third kappa shape index (κ3) is 4.96. The van der Waals surface area contributed by atoms with E-state index in [9.17, 15) is 4.79 Å². The number of rotatable bonds is 7. The maximum Gasteiger partial charge on any atom is 0.224 e. The lowest BCUT2D eigenvalue weighted by molar-refractivity contribution is -0.116. The van der Waals surface area contributed by atoms with Gasteiger partial charge in [0.1, 0.15) is 0 Å². The van der Waals surface area contributed by atoms with Gasteiger partial charge in [-0.15, -0.1) is 5.10 Å². The van der Waals surface area contributed by atoms with Gasteiger partial charge in [0.2, 0.25) is 5.91 Å². The molecule has 6 heteroatoms. The van der Waals surface area contributed by atoms with E-state index in [1.165, 1.54) is 10.8 Å². The molecule has 1 amide bonds. The summed E-state index contributed by atoms with van der Waals surface area (Å²) in [5.74, 6) is -0.110. The van der Waals surface area contributed by atoms with Crippen molar-refractivity contribution < 1.29 is 4.79 Å². The Morgan fingerprint density at radius 2 is 1.65 bits per heavy atom. The van der Waals surface area contributed by atoms with Gasteiger partial charge >= 0.3 is 0 Å². The minimum atomic E-state index is -0.110. The van der Waals surface area contributed by atoms with Crippen molar-refractivity contribution >= 4 is 28.1 Å². The lowest BCUT2D eigenvalue weighted by atomic mass is 10.0. The summed E-state index contributed by atoms with van der Waals surface area (Å²) in [5, 5.41) is 13.8. The predicted octanol–water partition coefficient (Wildman–Crippen LogP) is 5.30. The second kappa shape index (κ2) is 9.58. The number of carbonyl (C=O) groups excluding carboxylic acids is 1. The highest BCUT2D eigenvalue weighted by molar-refractivity contribution is 5.95. The van der Waals surface area contributed by atoms with Crippen LogP contribution in [0.3, 0.4) is 0 Å².